The number of carbonyl (C=O) groups excluding carboxylic acids is 2. The van der Waals surface area contributed by atoms with Gasteiger partial charge in [0.1, 0.15) is 11.4 Å². The molecule has 0 aromatic rings. The number of hydrogen-bond donors (Lipinski definition) is 2. The first kappa shape index (κ1) is 15.9. The Hall–Kier alpha value is -1.10. The number of aliphatic hydroxyl groups is 1. The second-order valence-corrected chi connectivity index (χ2v) is 5.39. The lowest BCUT2D eigenvalue weighted by molar-refractivity contribution is -0.174. The molecule has 0 rings (SSSR count). The molecule has 1 unspecified atom stereocenters. The highest BCUT2D eigenvalue weighted by Crippen LogP contribution is 2.44. The third-order valence-electron chi connectivity index (χ3n) is 3.68. The van der Waals surface area contributed by atoms with E-state index in [1.54, 1.807) is 20.8 Å². The van der Waals surface area contributed by atoms with E-state index in [0.717, 1.165) is 0 Å². The van der Waals surface area contributed by atoms with Crippen LogP contribution in [0.25, 0.3) is 0 Å². The van der Waals surface area contributed by atoms with E-state index in [0.29, 0.717) is 0 Å². The lowest BCUT2D eigenvalue weighted by atomic mass is 9.62. The molecule has 0 bridgehead atoms. The van der Waals surface area contributed by atoms with Crippen LogP contribution in [0.4, 0.5) is 4.79 Å². The highest BCUT2D eigenvalue weighted by Gasteiger charge is 2.56. The summed E-state index contributed by atoms with van der Waals surface area (Å²) in [7, 11) is 1.44. The first-order valence-electron chi connectivity index (χ1n) is 5.54. The number of ether oxygens (including phenoxy) is 1. The minimum atomic E-state index is -1.31. The lowest BCUT2D eigenvalue weighted by Crippen LogP contribution is -2.61. The molecule has 0 spiro atoms. The van der Waals surface area contributed by atoms with Crippen LogP contribution < -0.4 is 5.32 Å². The van der Waals surface area contributed by atoms with Gasteiger partial charge in [-0.3, -0.25) is 4.79 Å². The fourth-order valence-corrected chi connectivity index (χ4v) is 1.98. The monoisotopic (exact) mass is 245 g/mol. The molecule has 0 heterocycles. The van der Waals surface area contributed by atoms with Crippen molar-refractivity contribution >= 4 is 11.9 Å². The van der Waals surface area contributed by atoms with Crippen molar-refractivity contribution in [1.29, 1.82) is 0 Å². The minimum absolute atomic E-state index is 0.237. The molecule has 1 amide bonds. The molecular formula is C12H23NO4. The molecule has 0 aliphatic rings. The quantitative estimate of drug-likeness (QED) is 0.786. The molecular weight excluding hydrogens is 222 g/mol. The number of hydrogen-bond acceptors (Lipinski definition) is 4. The largest absolute Gasteiger partial charge is 0.442 e. The predicted octanol–water partition coefficient (Wildman–Crippen LogP) is 1.49. The van der Waals surface area contributed by atoms with Gasteiger partial charge in [-0.2, -0.15) is 0 Å². The molecule has 0 aliphatic heterocycles. The molecule has 17 heavy (non-hydrogen) atoms. The van der Waals surface area contributed by atoms with E-state index < -0.39 is 22.7 Å². The van der Waals surface area contributed by atoms with Crippen molar-refractivity contribution in [2.24, 2.45) is 5.41 Å². The van der Waals surface area contributed by atoms with E-state index in [-0.39, 0.29) is 5.78 Å². The van der Waals surface area contributed by atoms with Crippen LogP contribution in [0.3, 0.4) is 0 Å². The number of Topliss-reactive ketones (excluding diaryl/α,β-unsaturated/α-hetero) is 1. The predicted molar refractivity (Wildman–Crippen MR) is 64.7 cm³/mol. The Morgan fingerprint density at radius 2 is 1.53 bits per heavy atom. The van der Waals surface area contributed by atoms with Gasteiger partial charge in [0.05, 0.1) is 11.0 Å². The Labute approximate surface area is 103 Å². The summed E-state index contributed by atoms with van der Waals surface area (Å²) < 4.78 is 5.21. The third-order valence-corrected chi connectivity index (χ3v) is 3.68. The summed E-state index contributed by atoms with van der Waals surface area (Å²) in [5.41, 5.74) is -3.64. The smallest absolute Gasteiger partial charge is 0.407 e. The highest BCUT2D eigenvalue weighted by atomic mass is 16.6. The standard InChI is InChI=1S/C12H23NO4/c1-8(14)12(6,10(2,3)16)11(4,5)17-9(15)13-7/h16H,1-7H3,(H,13,15). The van der Waals surface area contributed by atoms with E-state index in [9.17, 15) is 14.7 Å². The van der Waals surface area contributed by atoms with Crippen LogP contribution in [0.15, 0.2) is 0 Å². The number of amides is 1. The minimum Gasteiger partial charge on any atom is -0.442 e. The number of ketones is 1. The van der Waals surface area contributed by atoms with Crippen molar-refractivity contribution in [2.75, 3.05) is 7.05 Å². The zero-order valence-corrected chi connectivity index (χ0v) is 11.7. The molecule has 1 atom stereocenters. The maximum absolute atomic E-state index is 11.9. The van der Waals surface area contributed by atoms with E-state index in [1.807, 2.05) is 0 Å². The number of nitrogens with one attached hydrogen (secondary N) is 1. The molecule has 0 radical (unpaired) electrons. The van der Waals surface area contributed by atoms with Crippen LogP contribution in [0, 0.1) is 5.41 Å². The summed E-state index contributed by atoms with van der Waals surface area (Å²) in [5.74, 6) is -0.237. The highest BCUT2D eigenvalue weighted by molar-refractivity contribution is 5.85. The molecule has 0 aliphatic carbocycles. The van der Waals surface area contributed by atoms with Gasteiger partial charge in [0.15, 0.2) is 0 Å². The lowest BCUT2D eigenvalue weighted by Gasteiger charge is -2.48. The maximum Gasteiger partial charge on any atom is 0.407 e. The van der Waals surface area contributed by atoms with Gasteiger partial charge in [-0.25, -0.2) is 4.79 Å². The van der Waals surface area contributed by atoms with Crippen molar-refractivity contribution in [3.63, 3.8) is 0 Å². The second-order valence-electron chi connectivity index (χ2n) is 5.39. The summed E-state index contributed by atoms with van der Waals surface area (Å²) in [6.45, 7) is 9.27. The SMILES string of the molecule is CNC(=O)OC(C)(C)C(C)(C(C)=O)C(C)(C)O. The molecule has 100 valence electrons. The Morgan fingerprint density at radius 3 is 1.76 bits per heavy atom. The number of carbonyl (C=O) groups is 2. The number of rotatable bonds is 4. The van der Waals surface area contributed by atoms with Crippen LogP contribution in [0.2, 0.25) is 0 Å². The fraction of sp³-hybridized carbons (Fsp3) is 0.833. The maximum atomic E-state index is 11.9. The second kappa shape index (κ2) is 4.64. The molecule has 2 N–H and O–H groups in total. The zero-order valence-electron chi connectivity index (χ0n) is 11.7. The summed E-state index contributed by atoms with van der Waals surface area (Å²) in [4.78, 5) is 23.2. The van der Waals surface area contributed by atoms with Crippen LogP contribution in [-0.2, 0) is 9.53 Å². The van der Waals surface area contributed by atoms with Crippen molar-refractivity contribution in [2.45, 2.75) is 52.7 Å². The van der Waals surface area contributed by atoms with Crippen LogP contribution in [0.5, 0.6) is 0 Å². The van der Waals surface area contributed by atoms with Gasteiger partial charge in [-0.1, -0.05) is 0 Å². The Kier molecular flexibility index (Phi) is 4.34. The first-order chi connectivity index (χ1) is 7.40. The molecule has 0 fully saturated rings. The zero-order chi connectivity index (χ0) is 14.1. The van der Waals surface area contributed by atoms with E-state index >= 15 is 0 Å². The molecule has 0 aromatic heterocycles. The Morgan fingerprint density at radius 1 is 1.12 bits per heavy atom. The molecule has 0 saturated carbocycles. The Balaban J connectivity index is 5.48. The normalized spacial score (nSPS) is 16.0. The van der Waals surface area contributed by atoms with Gasteiger partial charge in [-0.05, 0) is 41.5 Å². The third kappa shape index (κ3) is 2.77. The van der Waals surface area contributed by atoms with E-state index in [1.165, 1.54) is 27.8 Å². The van der Waals surface area contributed by atoms with Crippen LogP contribution in [-0.4, -0.2) is 35.2 Å². The van der Waals surface area contributed by atoms with E-state index in [4.69, 9.17) is 4.74 Å². The number of alkyl carbamates (subject to hydrolysis) is 1. The van der Waals surface area contributed by atoms with Crippen molar-refractivity contribution in [3.05, 3.63) is 0 Å². The topological polar surface area (TPSA) is 75.6 Å². The summed E-state index contributed by atoms with van der Waals surface area (Å²) >= 11 is 0. The van der Waals surface area contributed by atoms with Gasteiger partial charge in [0.2, 0.25) is 0 Å². The molecule has 5 nitrogen and oxygen atoms in total. The summed E-state index contributed by atoms with van der Waals surface area (Å²) in [6, 6.07) is 0. The van der Waals surface area contributed by atoms with Crippen molar-refractivity contribution in [1.82, 2.24) is 5.32 Å². The summed E-state index contributed by atoms with van der Waals surface area (Å²) in [6.07, 6.45) is -0.633. The molecule has 0 saturated heterocycles. The van der Waals surface area contributed by atoms with Gasteiger partial charge in [0, 0.05) is 7.05 Å². The van der Waals surface area contributed by atoms with Crippen LogP contribution >= 0.6 is 0 Å². The summed E-state index contributed by atoms with van der Waals surface area (Å²) in [5, 5.41) is 12.5. The van der Waals surface area contributed by atoms with Crippen molar-refractivity contribution < 1.29 is 19.4 Å². The van der Waals surface area contributed by atoms with Gasteiger partial charge in [0.25, 0.3) is 0 Å². The van der Waals surface area contributed by atoms with Gasteiger partial charge < -0.3 is 15.2 Å². The Bertz CT molecular complexity index is 317. The van der Waals surface area contributed by atoms with Crippen molar-refractivity contribution in [3.8, 4) is 0 Å². The fourth-order valence-electron chi connectivity index (χ4n) is 1.98. The van der Waals surface area contributed by atoms with Crippen LogP contribution in [0.1, 0.15) is 41.5 Å². The molecule has 5 heteroatoms. The van der Waals surface area contributed by atoms with Gasteiger partial charge in [-0.15, -0.1) is 0 Å². The first-order valence-corrected chi connectivity index (χ1v) is 5.54. The average Bonchev–Trinajstić information content (AvgIpc) is 2.13. The molecule has 0 aromatic carbocycles. The van der Waals surface area contributed by atoms with Gasteiger partial charge >= 0.3 is 6.09 Å². The van der Waals surface area contributed by atoms with E-state index in [2.05, 4.69) is 5.32 Å². The average molecular weight is 245 g/mol.